The van der Waals surface area contributed by atoms with Crippen molar-refractivity contribution in [2.75, 3.05) is 20.8 Å². The molecule has 22 heavy (non-hydrogen) atoms. The maximum absolute atomic E-state index is 11.7. The molecule has 0 bridgehead atoms. The summed E-state index contributed by atoms with van der Waals surface area (Å²) in [5, 5.41) is 11.5. The monoisotopic (exact) mass is 311 g/mol. The number of hydrogen-bond donors (Lipinski definition) is 2. The third-order valence-corrected chi connectivity index (χ3v) is 2.99. The van der Waals surface area contributed by atoms with E-state index >= 15 is 0 Å². The van der Waals surface area contributed by atoms with E-state index in [2.05, 4.69) is 5.32 Å². The van der Waals surface area contributed by atoms with Crippen LogP contribution in [0.15, 0.2) is 30.3 Å². The molecular weight excluding hydrogens is 290 g/mol. The third kappa shape index (κ3) is 6.55. The lowest BCUT2D eigenvalue weighted by molar-refractivity contribution is -0.140. The fraction of sp³-hybridized carbons (Fsp3) is 0.467. The molecule has 0 aliphatic carbocycles. The number of amides is 1. The lowest BCUT2D eigenvalue weighted by Crippen LogP contribution is -2.44. The number of hydrogen-bond acceptors (Lipinski definition) is 5. The lowest BCUT2D eigenvalue weighted by atomic mass is 10.1. The molecule has 1 amide bonds. The summed E-state index contributed by atoms with van der Waals surface area (Å²) in [6.07, 6.45) is -1.14. The molecule has 2 unspecified atom stereocenters. The molecule has 2 atom stereocenters. The van der Waals surface area contributed by atoms with Crippen LogP contribution < -0.4 is 5.32 Å². The van der Waals surface area contributed by atoms with Gasteiger partial charge in [0, 0.05) is 20.6 Å². The van der Waals surface area contributed by atoms with E-state index in [1.54, 1.807) is 0 Å². The Hall–Kier alpha value is -2.12. The van der Waals surface area contributed by atoms with E-state index in [9.17, 15) is 9.59 Å². The van der Waals surface area contributed by atoms with Crippen molar-refractivity contribution < 1.29 is 28.9 Å². The van der Waals surface area contributed by atoms with Gasteiger partial charge < -0.3 is 24.6 Å². The summed E-state index contributed by atoms with van der Waals surface area (Å²) >= 11 is 0. The first-order chi connectivity index (χ1) is 10.6. The summed E-state index contributed by atoms with van der Waals surface area (Å²) in [5.41, 5.74) is 0.818. The molecular formula is C15H21NO6. The second kappa shape index (κ2) is 9.75. The number of ether oxygens (including phenoxy) is 3. The summed E-state index contributed by atoms with van der Waals surface area (Å²) in [5.74, 6) is -1.16. The van der Waals surface area contributed by atoms with Crippen molar-refractivity contribution >= 4 is 12.1 Å². The van der Waals surface area contributed by atoms with Crippen LogP contribution in [0, 0.1) is 0 Å². The smallest absolute Gasteiger partial charge is 0.408 e. The van der Waals surface area contributed by atoms with Crippen molar-refractivity contribution in [3.8, 4) is 0 Å². The van der Waals surface area contributed by atoms with Gasteiger partial charge in [-0.05, 0) is 5.56 Å². The highest BCUT2D eigenvalue weighted by Gasteiger charge is 2.25. The normalized spacial score (nSPS) is 13.2. The second-order valence-corrected chi connectivity index (χ2v) is 4.65. The molecule has 122 valence electrons. The maximum atomic E-state index is 11.7. The number of nitrogens with one attached hydrogen (secondary N) is 1. The Morgan fingerprint density at radius 2 is 1.91 bits per heavy atom. The summed E-state index contributed by atoms with van der Waals surface area (Å²) in [6, 6.07) is 8.01. The molecule has 7 nitrogen and oxygen atoms in total. The number of rotatable bonds is 9. The van der Waals surface area contributed by atoms with Crippen LogP contribution in [0.1, 0.15) is 12.0 Å². The Morgan fingerprint density at radius 1 is 1.23 bits per heavy atom. The van der Waals surface area contributed by atoms with Gasteiger partial charge in [-0.25, -0.2) is 9.59 Å². The summed E-state index contributed by atoms with van der Waals surface area (Å²) in [7, 11) is 2.94. The van der Waals surface area contributed by atoms with E-state index in [-0.39, 0.29) is 19.6 Å². The highest BCUT2D eigenvalue weighted by Crippen LogP contribution is 2.05. The predicted molar refractivity (Wildman–Crippen MR) is 78.5 cm³/mol. The lowest BCUT2D eigenvalue weighted by Gasteiger charge is -2.20. The largest absolute Gasteiger partial charge is 0.480 e. The van der Waals surface area contributed by atoms with Crippen molar-refractivity contribution in [1.29, 1.82) is 0 Å². The first-order valence-electron chi connectivity index (χ1n) is 6.78. The van der Waals surface area contributed by atoms with Crippen molar-refractivity contribution in [3.05, 3.63) is 35.9 Å². The van der Waals surface area contributed by atoms with Crippen LogP contribution in [-0.4, -0.2) is 50.1 Å². The van der Waals surface area contributed by atoms with Crippen LogP contribution in [0.5, 0.6) is 0 Å². The van der Waals surface area contributed by atoms with Crippen molar-refractivity contribution in [3.63, 3.8) is 0 Å². The van der Waals surface area contributed by atoms with Crippen LogP contribution >= 0.6 is 0 Å². The third-order valence-electron chi connectivity index (χ3n) is 2.99. The van der Waals surface area contributed by atoms with Crippen LogP contribution in [0.4, 0.5) is 4.79 Å². The van der Waals surface area contributed by atoms with Gasteiger partial charge in [0.2, 0.25) is 0 Å². The first-order valence-corrected chi connectivity index (χ1v) is 6.78. The Labute approximate surface area is 129 Å². The number of aliphatic carboxylic acids is 1. The average molecular weight is 311 g/mol. The van der Waals surface area contributed by atoms with Crippen LogP contribution in [0.25, 0.3) is 0 Å². The van der Waals surface area contributed by atoms with Gasteiger partial charge in [0.25, 0.3) is 0 Å². The summed E-state index contributed by atoms with van der Waals surface area (Å²) in [4.78, 5) is 22.9. The minimum atomic E-state index is -1.16. The van der Waals surface area contributed by atoms with Gasteiger partial charge >= 0.3 is 12.1 Å². The topological polar surface area (TPSA) is 94.1 Å². The SMILES string of the molecule is COCC(CC(NC(=O)OCc1ccccc1)C(=O)O)OC. The molecule has 1 aromatic carbocycles. The molecule has 0 spiro atoms. The van der Waals surface area contributed by atoms with Gasteiger partial charge in [-0.1, -0.05) is 30.3 Å². The fourth-order valence-corrected chi connectivity index (χ4v) is 1.81. The number of carboxylic acids is 1. The standard InChI is InChI=1S/C15H21NO6/c1-20-10-12(21-2)8-13(14(17)18)16-15(19)22-9-11-6-4-3-5-7-11/h3-7,12-13H,8-10H2,1-2H3,(H,16,19)(H,17,18). The Kier molecular flexibility index (Phi) is 7.95. The number of methoxy groups -OCH3 is 2. The van der Waals surface area contributed by atoms with E-state index in [1.165, 1.54) is 14.2 Å². The minimum Gasteiger partial charge on any atom is -0.480 e. The van der Waals surface area contributed by atoms with Gasteiger partial charge in [0.05, 0.1) is 12.7 Å². The van der Waals surface area contributed by atoms with E-state index < -0.39 is 24.2 Å². The molecule has 0 heterocycles. The summed E-state index contributed by atoms with van der Waals surface area (Å²) in [6.45, 7) is 0.311. The molecule has 0 saturated heterocycles. The zero-order valence-corrected chi connectivity index (χ0v) is 12.7. The first kappa shape index (κ1) is 17.9. The highest BCUT2D eigenvalue weighted by molar-refractivity contribution is 5.79. The van der Waals surface area contributed by atoms with Crippen molar-refractivity contribution in [1.82, 2.24) is 5.32 Å². The zero-order chi connectivity index (χ0) is 16.4. The van der Waals surface area contributed by atoms with Gasteiger partial charge in [0.1, 0.15) is 12.6 Å². The van der Waals surface area contributed by atoms with Gasteiger partial charge in [0.15, 0.2) is 0 Å². The Balaban J connectivity index is 2.48. The minimum absolute atomic E-state index is 0.0742. The van der Waals surface area contributed by atoms with E-state index in [0.717, 1.165) is 5.56 Å². The van der Waals surface area contributed by atoms with Gasteiger partial charge in [-0.2, -0.15) is 0 Å². The van der Waals surface area contributed by atoms with Crippen LogP contribution in [0.2, 0.25) is 0 Å². The number of carbonyl (C=O) groups is 2. The number of carbonyl (C=O) groups excluding carboxylic acids is 1. The molecule has 0 radical (unpaired) electrons. The highest BCUT2D eigenvalue weighted by atomic mass is 16.5. The van der Waals surface area contributed by atoms with Crippen LogP contribution in [-0.2, 0) is 25.6 Å². The molecule has 0 aliphatic rings. The van der Waals surface area contributed by atoms with E-state index in [1.807, 2.05) is 30.3 Å². The van der Waals surface area contributed by atoms with E-state index in [0.29, 0.717) is 0 Å². The predicted octanol–water partition coefficient (Wildman–Crippen LogP) is 1.42. The van der Waals surface area contributed by atoms with Gasteiger partial charge in [-0.3, -0.25) is 0 Å². The molecule has 0 aliphatic heterocycles. The molecule has 1 aromatic rings. The number of benzene rings is 1. The average Bonchev–Trinajstić information content (AvgIpc) is 2.52. The fourth-order valence-electron chi connectivity index (χ4n) is 1.81. The zero-order valence-electron chi connectivity index (χ0n) is 12.7. The quantitative estimate of drug-likeness (QED) is 0.716. The van der Waals surface area contributed by atoms with Gasteiger partial charge in [-0.15, -0.1) is 0 Å². The van der Waals surface area contributed by atoms with Crippen molar-refractivity contribution in [2.24, 2.45) is 0 Å². The number of carboxylic acid groups (broad SMARTS) is 1. The van der Waals surface area contributed by atoms with Crippen molar-refractivity contribution in [2.45, 2.75) is 25.2 Å². The Morgan fingerprint density at radius 3 is 2.45 bits per heavy atom. The maximum Gasteiger partial charge on any atom is 0.408 e. The number of alkyl carbamates (subject to hydrolysis) is 1. The molecule has 2 N–H and O–H groups in total. The Bertz CT molecular complexity index is 464. The second-order valence-electron chi connectivity index (χ2n) is 4.65. The van der Waals surface area contributed by atoms with Crippen LogP contribution in [0.3, 0.4) is 0 Å². The molecule has 0 fully saturated rings. The molecule has 0 saturated carbocycles. The summed E-state index contributed by atoms with van der Waals surface area (Å²) < 4.78 is 15.0. The molecule has 0 aromatic heterocycles. The van der Waals surface area contributed by atoms with E-state index in [4.69, 9.17) is 19.3 Å². The molecule has 7 heteroatoms. The molecule has 1 rings (SSSR count).